The van der Waals surface area contributed by atoms with Crippen molar-refractivity contribution in [2.45, 2.75) is 44.9 Å². The van der Waals surface area contributed by atoms with Gasteiger partial charge in [-0.15, -0.1) is 0 Å². The Bertz CT molecular complexity index is 972. The van der Waals surface area contributed by atoms with Crippen LogP contribution in [0, 0.1) is 11.3 Å². The highest BCUT2D eigenvalue weighted by atomic mass is 16.5. The van der Waals surface area contributed by atoms with Crippen molar-refractivity contribution in [3.05, 3.63) is 64.7 Å². The molecule has 0 spiro atoms. The molecule has 1 aliphatic heterocycles. The van der Waals surface area contributed by atoms with Gasteiger partial charge in [-0.1, -0.05) is 19.1 Å². The van der Waals surface area contributed by atoms with Crippen molar-refractivity contribution in [3.8, 4) is 6.07 Å². The number of nitrogens with zero attached hydrogens (tertiary/aromatic N) is 2. The van der Waals surface area contributed by atoms with Gasteiger partial charge in [-0.25, -0.2) is 4.79 Å². The fourth-order valence-electron chi connectivity index (χ4n) is 4.33. The summed E-state index contributed by atoms with van der Waals surface area (Å²) < 4.78 is 5.03. The minimum Gasteiger partial charge on any atom is -0.462 e. The minimum absolute atomic E-state index is 0.240. The van der Waals surface area contributed by atoms with Crippen LogP contribution >= 0.6 is 0 Å². The van der Waals surface area contributed by atoms with E-state index in [0.29, 0.717) is 17.7 Å². The van der Waals surface area contributed by atoms with Crippen molar-refractivity contribution in [2.75, 3.05) is 24.6 Å². The number of nitriles is 1. The minimum atomic E-state index is -0.589. The highest BCUT2D eigenvalue weighted by Crippen LogP contribution is 2.39. The first-order valence-electron chi connectivity index (χ1n) is 10.8. The number of rotatable bonds is 7. The first-order chi connectivity index (χ1) is 15.0. The van der Waals surface area contributed by atoms with E-state index in [0.717, 1.165) is 42.7 Å². The monoisotopic (exact) mass is 419 g/mol. The second kappa shape index (κ2) is 10.1. The second-order valence-corrected chi connectivity index (χ2v) is 7.94. The molecule has 6 nitrogen and oxygen atoms in total. The molecule has 1 saturated heterocycles. The Morgan fingerprint density at radius 3 is 2.39 bits per heavy atom. The van der Waals surface area contributed by atoms with Crippen LogP contribution in [0.4, 0.5) is 5.69 Å². The Balaban J connectivity index is 1.98. The Morgan fingerprint density at radius 2 is 1.81 bits per heavy atom. The lowest BCUT2D eigenvalue weighted by Gasteiger charge is -2.33. The van der Waals surface area contributed by atoms with Crippen LogP contribution in [0.25, 0.3) is 0 Å². The summed E-state index contributed by atoms with van der Waals surface area (Å²) in [4.78, 5) is 26.8. The van der Waals surface area contributed by atoms with Crippen LogP contribution in [0.5, 0.6) is 0 Å². The molecule has 2 N–H and O–H groups in total. The van der Waals surface area contributed by atoms with Crippen molar-refractivity contribution in [1.29, 1.82) is 5.26 Å². The topological polar surface area (TPSA) is 96.4 Å². The fourth-order valence-corrected chi connectivity index (χ4v) is 4.33. The molecular weight excluding hydrogens is 390 g/mol. The van der Waals surface area contributed by atoms with E-state index in [9.17, 15) is 14.9 Å². The number of carbonyl (C=O) groups is 2. The van der Waals surface area contributed by atoms with Crippen molar-refractivity contribution in [3.63, 3.8) is 0 Å². The number of nitrogens with two attached hydrogens (primary N) is 1. The molecule has 0 saturated carbocycles. The lowest BCUT2D eigenvalue weighted by atomic mass is 9.80. The zero-order valence-corrected chi connectivity index (χ0v) is 18.1. The molecule has 1 aliphatic rings. The van der Waals surface area contributed by atoms with Crippen LogP contribution in [0.2, 0.25) is 0 Å². The number of ether oxygens (including phenoxy) is 1. The maximum Gasteiger partial charge on any atom is 0.338 e. The van der Waals surface area contributed by atoms with Crippen LogP contribution in [-0.4, -0.2) is 31.6 Å². The largest absolute Gasteiger partial charge is 0.462 e. The van der Waals surface area contributed by atoms with Crippen LogP contribution in [0.3, 0.4) is 0 Å². The summed E-state index contributed by atoms with van der Waals surface area (Å²) in [6.07, 6.45) is 3.47. The molecule has 2 aromatic carbocycles. The third-order valence-corrected chi connectivity index (χ3v) is 5.93. The maximum atomic E-state index is 12.5. The van der Waals surface area contributed by atoms with Gasteiger partial charge in [-0.05, 0) is 73.6 Å². The summed E-state index contributed by atoms with van der Waals surface area (Å²) in [6.45, 7) is 5.95. The molecule has 2 aromatic rings. The van der Waals surface area contributed by atoms with Crippen molar-refractivity contribution in [2.24, 2.45) is 5.73 Å². The van der Waals surface area contributed by atoms with Gasteiger partial charge >= 0.3 is 5.97 Å². The van der Waals surface area contributed by atoms with Gasteiger partial charge in [0.05, 0.1) is 29.7 Å². The Labute approximate surface area is 183 Å². The highest BCUT2D eigenvalue weighted by Gasteiger charge is 2.29. The lowest BCUT2D eigenvalue weighted by Crippen LogP contribution is -2.32. The van der Waals surface area contributed by atoms with E-state index in [4.69, 9.17) is 10.5 Å². The molecule has 1 heterocycles. The zero-order chi connectivity index (χ0) is 22.4. The van der Waals surface area contributed by atoms with Crippen LogP contribution in [0.1, 0.15) is 72.0 Å². The number of hydrogen-bond donors (Lipinski definition) is 1. The SMILES string of the molecule is CCOC(=O)c1ccc(C(C(N)=O)C(C)c2cc(C#N)ccc2N2CCCCC2)cc1. The van der Waals surface area contributed by atoms with E-state index < -0.39 is 17.8 Å². The standard InChI is InChI=1S/C25H29N3O3/c1-3-31-25(30)20-10-8-19(9-11-20)23(24(27)29)17(2)21-15-18(16-26)7-12-22(21)28-13-5-4-6-14-28/h7-12,15,17,23H,3-6,13-14H2,1-2H3,(H2,27,29). The van der Waals surface area contributed by atoms with Crippen molar-refractivity contribution >= 4 is 17.6 Å². The quantitative estimate of drug-likeness (QED) is 0.682. The maximum absolute atomic E-state index is 12.5. The molecule has 0 aromatic heterocycles. The highest BCUT2D eigenvalue weighted by molar-refractivity contribution is 5.90. The van der Waals surface area contributed by atoms with E-state index in [1.807, 2.05) is 25.1 Å². The number of benzene rings is 2. The molecule has 6 heteroatoms. The summed E-state index contributed by atoms with van der Waals surface area (Å²) >= 11 is 0. The smallest absolute Gasteiger partial charge is 0.338 e. The molecular formula is C25H29N3O3. The molecule has 0 aliphatic carbocycles. The third-order valence-electron chi connectivity index (χ3n) is 5.93. The van der Waals surface area contributed by atoms with Crippen molar-refractivity contribution < 1.29 is 14.3 Å². The van der Waals surface area contributed by atoms with Crippen LogP contribution < -0.4 is 10.6 Å². The third kappa shape index (κ3) is 5.05. The van der Waals surface area contributed by atoms with Gasteiger partial charge in [0.1, 0.15) is 0 Å². The Morgan fingerprint density at radius 1 is 1.13 bits per heavy atom. The summed E-state index contributed by atoms with van der Waals surface area (Å²) in [6, 6.07) is 14.7. The summed E-state index contributed by atoms with van der Waals surface area (Å²) in [5.74, 6) is -1.67. The van der Waals surface area contributed by atoms with E-state index in [1.54, 1.807) is 31.2 Å². The molecule has 2 unspecified atom stereocenters. The molecule has 0 bridgehead atoms. The average molecular weight is 420 g/mol. The second-order valence-electron chi connectivity index (χ2n) is 7.94. The number of amides is 1. The molecule has 2 atom stereocenters. The fraction of sp³-hybridized carbons (Fsp3) is 0.400. The molecule has 0 radical (unpaired) electrons. The van der Waals surface area contributed by atoms with Gasteiger partial charge in [-0.2, -0.15) is 5.26 Å². The van der Waals surface area contributed by atoms with Crippen molar-refractivity contribution in [1.82, 2.24) is 0 Å². The molecule has 31 heavy (non-hydrogen) atoms. The molecule has 1 amide bonds. The van der Waals surface area contributed by atoms with Gasteiger partial charge in [0.15, 0.2) is 0 Å². The van der Waals surface area contributed by atoms with Gasteiger partial charge in [-0.3, -0.25) is 4.79 Å². The first kappa shape index (κ1) is 22.4. The molecule has 3 rings (SSSR count). The van der Waals surface area contributed by atoms with Crippen LogP contribution in [0.15, 0.2) is 42.5 Å². The molecule has 162 valence electrons. The number of anilines is 1. The number of carbonyl (C=O) groups excluding carboxylic acids is 2. The van der Waals surface area contributed by atoms with Gasteiger partial charge in [0.25, 0.3) is 0 Å². The van der Waals surface area contributed by atoms with E-state index in [2.05, 4.69) is 11.0 Å². The number of piperidine rings is 1. The number of hydrogen-bond acceptors (Lipinski definition) is 5. The Hall–Kier alpha value is -3.33. The summed E-state index contributed by atoms with van der Waals surface area (Å²) in [7, 11) is 0. The normalized spacial score (nSPS) is 15.6. The van der Waals surface area contributed by atoms with Gasteiger partial charge in [0, 0.05) is 18.8 Å². The first-order valence-corrected chi connectivity index (χ1v) is 10.8. The summed E-state index contributed by atoms with van der Waals surface area (Å²) in [5.41, 5.74) is 9.57. The number of esters is 1. The lowest BCUT2D eigenvalue weighted by molar-refractivity contribution is -0.119. The predicted octanol–water partition coefficient (Wildman–Crippen LogP) is 4.10. The average Bonchev–Trinajstić information content (AvgIpc) is 2.79. The molecule has 1 fully saturated rings. The predicted molar refractivity (Wildman–Crippen MR) is 120 cm³/mol. The number of primary amides is 1. The Kier molecular flexibility index (Phi) is 7.30. The van der Waals surface area contributed by atoms with Gasteiger partial charge in [0.2, 0.25) is 5.91 Å². The van der Waals surface area contributed by atoms with E-state index >= 15 is 0 Å². The zero-order valence-electron chi connectivity index (χ0n) is 18.1. The summed E-state index contributed by atoms with van der Waals surface area (Å²) in [5, 5.41) is 9.44. The van der Waals surface area contributed by atoms with E-state index in [-0.39, 0.29) is 5.92 Å². The van der Waals surface area contributed by atoms with Gasteiger partial charge < -0.3 is 15.4 Å². The van der Waals surface area contributed by atoms with Crippen LogP contribution in [-0.2, 0) is 9.53 Å². The van der Waals surface area contributed by atoms with E-state index in [1.165, 1.54) is 6.42 Å².